The Labute approximate surface area is 163 Å². The summed E-state index contributed by atoms with van der Waals surface area (Å²) in [6.07, 6.45) is 9.53. The van der Waals surface area contributed by atoms with Crippen LogP contribution in [-0.2, 0) is 6.54 Å². The van der Waals surface area contributed by atoms with E-state index in [1.807, 2.05) is 31.6 Å². The van der Waals surface area contributed by atoms with Gasteiger partial charge in [0, 0.05) is 41.9 Å². The van der Waals surface area contributed by atoms with Gasteiger partial charge in [0.25, 0.3) is 5.92 Å². The molecule has 0 saturated heterocycles. The molecule has 0 fully saturated rings. The number of nitrogens with one attached hydrogen (secondary N) is 2. The lowest BCUT2D eigenvalue weighted by Crippen LogP contribution is -2.33. The van der Waals surface area contributed by atoms with E-state index < -0.39 is 12.5 Å². The number of nitrogens with zero attached hydrogens (tertiary/aromatic N) is 2. The van der Waals surface area contributed by atoms with Crippen LogP contribution < -0.4 is 15.4 Å². The van der Waals surface area contributed by atoms with Crippen LogP contribution in [0.15, 0.2) is 40.8 Å². The molecular weight excluding hydrogens is 370 g/mol. The first kappa shape index (κ1) is 21.4. The fraction of sp³-hybridized carbons (Fsp3) is 0.474. The highest BCUT2D eigenvalue weighted by atomic mass is 32.2. The normalized spacial score (nSPS) is 17.5. The summed E-state index contributed by atoms with van der Waals surface area (Å²) in [4.78, 5) is 8.69. The molecule has 2 heterocycles. The van der Waals surface area contributed by atoms with Crippen molar-refractivity contribution in [1.29, 1.82) is 0 Å². The topological polar surface area (TPSA) is 58.5 Å². The second-order valence-corrected chi connectivity index (χ2v) is 7.30. The molecule has 27 heavy (non-hydrogen) atoms. The number of aliphatic imine (C=N–C) groups is 1. The maximum absolute atomic E-state index is 12.9. The van der Waals surface area contributed by atoms with Crippen molar-refractivity contribution in [1.82, 2.24) is 15.6 Å². The van der Waals surface area contributed by atoms with Gasteiger partial charge in [0.05, 0.1) is 12.6 Å². The summed E-state index contributed by atoms with van der Waals surface area (Å²) in [7, 11) is 1.91. The molecule has 0 bridgehead atoms. The molecule has 0 amide bonds. The zero-order chi connectivity index (χ0) is 19.9. The van der Waals surface area contributed by atoms with Gasteiger partial charge < -0.3 is 15.4 Å². The number of dihydropyridines is 1. The monoisotopic (exact) mass is 396 g/mol. The predicted octanol–water partition coefficient (Wildman–Crippen LogP) is 3.32. The maximum atomic E-state index is 12.9. The van der Waals surface area contributed by atoms with Crippen LogP contribution in [0.25, 0.3) is 0 Å². The van der Waals surface area contributed by atoms with Crippen molar-refractivity contribution in [3.05, 3.63) is 46.9 Å². The molecule has 1 aliphatic heterocycles. The van der Waals surface area contributed by atoms with Crippen LogP contribution >= 0.6 is 11.8 Å². The fourth-order valence-corrected chi connectivity index (χ4v) is 3.14. The van der Waals surface area contributed by atoms with Gasteiger partial charge in [0.15, 0.2) is 6.61 Å². The first-order chi connectivity index (χ1) is 12.8. The first-order valence-electron chi connectivity index (χ1n) is 8.62. The van der Waals surface area contributed by atoms with Gasteiger partial charge in [-0.2, -0.15) is 11.8 Å². The van der Waals surface area contributed by atoms with Crippen molar-refractivity contribution in [3.63, 3.8) is 0 Å². The number of alkyl halides is 2. The zero-order valence-corrected chi connectivity index (χ0v) is 16.9. The fourth-order valence-electron chi connectivity index (χ4n) is 2.60. The van der Waals surface area contributed by atoms with Crippen molar-refractivity contribution in [2.24, 2.45) is 4.99 Å². The molecule has 1 aliphatic rings. The Bertz CT molecular complexity index is 729. The molecule has 1 aromatic heterocycles. The number of rotatable bonds is 9. The smallest absolute Gasteiger partial charge is 0.278 e. The van der Waals surface area contributed by atoms with Crippen molar-refractivity contribution in [2.45, 2.75) is 32.4 Å². The predicted molar refractivity (Wildman–Crippen MR) is 108 cm³/mol. The standard InChI is InChI=1S/C19H26F2N4OS/c1-13-7-14(9-25-18(13)26-12-19(2,20)21)8-23-10-15-16(22-3)5-6-24-17(15)11-27-4/h5-7,9-10,16,22,24H,8,11-12H2,1-4H3. The number of likely N-dealkylation sites (N-methyl/N-ethyl adjacent to an activating group) is 1. The minimum Gasteiger partial charge on any atom is -0.471 e. The van der Waals surface area contributed by atoms with E-state index in [0.29, 0.717) is 12.1 Å². The molecular formula is C19H26F2N4OS. The van der Waals surface area contributed by atoms with Crippen LogP contribution in [0.1, 0.15) is 18.1 Å². The summed E-state index contributed by atoms with van der Waals surface area (Å²) in [5.41, 5.74) is 3.84. The van der Waals surface area contributed by atoms with Crippen LogP contribution in [0.4, 0.5) is 8.78 Å². The van der Waals surface area contributed by atoms with Gasteiger partial charge in [-0.15, -0.1) is 0 Å². The minimum atomic E-state index is -2.88. The Morgan fingerprint density at radius 3 is 2.89 bits per heavy atom. The number of hydrogen-bond donors (Lipinski definition) is 2. The van der Waals surface area contributed by atoms with Gasteiger partial charge in [-0.05, 0) is 44.1 Å². The van der Waals surface area contributed by atoms with Crippen molar-refractivity contribution in [3.8, 4) is 5.88 Å². The van der Waals surface area contributed by atoms with Crippen LogP contribution in [0.3, 0.4) is 0 Å². The average molecular weight is 397 g/mol. The highest BCUT2D eigenvalue weighted by molar-refractivity contribution is 7.98. The molecule has 2 rings (SSSR count). The first-order valence-corrected chi connectivity index (χ1v) is 10.0. The average Bonchev–Trinajstić information content (AvgIpc) is 2.61. The van der Waals surface area contributed by atoms with E-state index in [2.05, 4.69) is 26.9 Å². The highest BCUT2D eigenvalue weighted by Gasteiger charge is 2.22. The van der Waals surface area contributed by atoms with Crippen molar-refractivity contribution < 1.29 is 13.5 Å². The lowest BCUT2D eigenvalue weighted by atomic mass is 10.0. The molecule has 0 spiro atoms. The lowest BCUT2D eigenvalue weighted by molar-refractivity contribution is -0.0244. The third kappa shape index (κ3) is 6.62. The van der Waals surface area contributed by atoms with E-state index in [0.717, 1.165) is 29.5 Å². The maximum Gasteiger partial charge on any atom is 0.278 e. The van der Waals surface area contributed by atoms with Gasteiger partial charge in [-0.1, -0.05) is 0 Å². The van der Waals surface area contributed by atoms with E-state index >= 15 is 0 Å². The molecule has 1 aromatic rings. The molecule has 5 nitrogen and oxygen atoms in total. The van der Waals surface area contributed by atoms with E-state index in [-0.39, 0.29) is 11.9 Å². The number of halogens is 2. The summed E-state index contributed by atoms with van der Waals surface area (Å²) in [5, 5.41) is 6.54. The van der Waals surface area contributed by atoms with Crippen LogP contribution in [0.2, 0.25) is 0 Å². The Morgan fingerprint density at radius 1 is 1.48 bits per heavy atom. The van der Waals surface area contributed by atoms with Crippen molar-refractivity contribution in [2.75, 3.05) is 25.7 Å². The van der Waals surface area contributed by atoms with Gasteiger partial charge in [0.1, 0.15) is 0 Å². The van der Waals surface area contributed by atoms with E-state index in [9.17, 15) is 8.78 Å². The quantitative estimate of drug-likeness (QED) is 0.627. The summed E-state index contributed by atoms with van der Waals surface area (Å²) in [6.45, 7) is 2.37. The Kier molecular flexibility index (Phi) is 7.79. The SMILES string of the molecule is CNC1C=CNC(CSC)=C1C=NCc1cnc(OCC(C)(F)F)c(C)c1. The number of ether oxygens (including phenoxy) is 1. The molecule has 1 unspecified atom stereocenters. The summed E-state index contributed by atoms with van der Waals surface area (Å²) < 4.78 is 30.9. The summed E-state index contributed by atoms with van der Waals surface area (Å²) >= 11 is 1.74. The number of thioether (sulfide) groups is 1. The summed E-state index contributed by atoms with van der Waals surface area (Å²) in [6, 6.07) is 1.97. The van der Waals surface area contributed by atoms with Gasteiger partial charge in [0.2, 0.25) is 5.88 Å². The number of aromatic nitrogens is 1. The molecule has 148 valence electrons. The molecule has 0 aliphatic carbocycles. The second kappa shape index (κ2) is 9.85. The van der Waals surface area contributed by atoms with E-state index in [1.165, 1.54) is 0 Å². The Balaban J connectivity index is 2.05. The van der Waals surface area contributed by atoms with Crippen LogP contribution in [0, 0.1) is 6.92 Å². The van der Waals surface area contributed by atoms with Crippen LogP contribution in [-0.4, -0.2) is 48.8 Å². The van der Waals surface area contributed by atoms with Gasteiger partial charge in [-0.3, -0.25) is 4.99 Å². The van der Waals surface area contributed by atoms with Crippen molar-refractivity contribution >= 4 is 18.0 Å². The molecule has 0 radical (unpaired) electrons. The van der Waals surface area contributed by atoms with Gasteiger partial charge >= 0.3 is 0 Å². The third-order valence-corrected chi connectivity index (χ3v) is 4.46. The second-order valence-electron chi connectivity index (χ2n) is 6.43. The van der Waals surface area contributed by atoms with E-state index in [1.54, 1.807) is 24.9 Å². The third-order valence-electron chi connectivity index (χ3n) is 3.88. The summed E-state index contributed by atoms with van der Waals surface area (Å²) in [5.74, 6) is -1.78. The highest BCUT2D eigenvalue weighted by Crippen LogP contribution is 2.20. The molecule has 0 aromatic carbocycles. The lowest BCUT2D eigenvalue weighted by Gasteiger charge is -2.22. The van der Waals surface area contributed by atoms with E-state index in [4.69, 9.17) is 4.74 Å². The molecule has 0 saturated carbocycles. The number of aryl methyl sites for hydroxylation is 1. The zero-order valence-electron chi connectivity index (χ0n) is 16.1. The number of hydrogen-bond acceptors (Lipinski definition) is 6. The molecule has 2 N–H and O–H groups in total. The van der Waals surface area contributed by atoms with Crippen LogP contribution in [0.5, 0.6) is 5.88 Å². The largest absolute Gasteiger partial charge is 0.471 e. The molecule has 1 atom stereocenters. The molecule has 8 heteroatoms. The number of pyridine rings is 1. The Morgan fingerprint density at radius 2 is 2.26 bits per heavy atom. The van der Waals surface area contributed by atoms with Gasteiger partial charge in [-0.25, -0.2) is 13.8 Å². The Hall–Kier alpha value is -1.93. The minimum absolute atomic E-state index is 0.114.